The largest absolute Gasteiger partial charge is 0.493 e. The Morgan fingerprint density at radius 2 is 1.91 bits per heavy atom. The van der Waals surface area contributed by atoms with Crippen LogP contribution in [0.4, 0.5) is 0 Å². The van der Waals surface area contributed by atoms with Gasteiger partial charge in [-0.05, 0) is 56.7 Å². The number of aromatic carboxylic acids is 1. The van der Waals surface area contributed by atoms with E-state index in [-0.39, 0.29) is 11.3 Å². The quantitative estimate of drug-likeness (QED) is 0.333. The minimum Gasteiger partial charge on any atom is -0.493 e. The Hall–Kier alpha value is -4.33. The second kappa shape index (κ2) is 8.66. The number of furan rings is 1. The number of para-hydroxylation sites is 1. The molecule has 0 atom stereocenters. The molecule has 4 rings (SSSR count). The van der Waals surface area contributed by atoms with Gasteiger partial charge in [-0.3, -0.25) is 4.79 Å². The topological polar surface area (TPSA) is 106 Å². The highest BCUT2D eigenvalue weighted by Crippen LogP contribution is 2.28. The van der Waals surface area contributed by atoms with Gasteiger partial charge in [-0.1, -0.05) is 18.2 Å². The van der Waals surface area contributed by atoms with Gasteiger partial charge in [-0.25, -0.2) is 10.2 Å². The maximum atomic E-state index is 12.5. The number of carbonyl (C=O) groups is 2. The first kappa shape index (κ1) is 21.9. The van der Waals surface area contributed by atoms with Crippen molar-refractivity contribution < 1.29 is 23.8 Å². The summed E-state index contributed by atoms with van der Waals surface area (Å²) < 4.78 is 12.9. The van der Waals surface area contributed by atoms with Crippen molar-refractivity contribution in [1.29, 1.82) is 0 Å². The molecule has 33 heavy (non-hydrogen) atoms. The highest BCUT2D eigenvalue weighted by Gasteiger charge is 2.16. The molecule has 8 nitrogen and oxygen atoms in total. The van der Waals surface area contributed by atoms with E-state index in [2.05, 4.69) is 10.5 Å². The van der Waals surface area contributed by atoms with Crippen molar-refractivity contribution >= 4 is 29.1 Å². The van der Waals surface area contributed by atoms with Gasteiger partial charge in [0.1, 0.15) is 0 Å². The number of nitrogens with zero attached hydrogens (tertiary/aromatic N) is 2. The number of aryl methyl sites for hydroxylation is 2. The fraction of sp³-hybridized carbons (Fsp3) is 0.160. The summed E-state index contributed by atoms with van der Waals surface area (Å²) in [6.07, 6.45) is 1.55. The molecule has 0 aliphatic carbocycles. The summed E-state index contributed by atoms with van der Waals surface area (Å²) >= 11 is 0. The van der Waals surface area contributed by atoms with Crippen LogP contribution in [0.3, 0.4) is 0 Å². The molecule has 0 aliphatic rings. The van der Waals surface area contributed by atoms with Crippen molar-refractivity contribution in [3.63, 3.8) is 0 Å². The summed E-state index contributed by atoms with van der Waals surface area (Å²) in [5, 5.41) is 14.2. The maximum Gasteiger partial charge on any atom is 0.335 e. The van der Waals surface area contributed by atoms with Crippen LogP contribution in [0.15, 0.2) is 58.0 Å². The molecule has 2 aromatic carbocycles. The third-order valence-electron chi connectivity index (χ3n) is 5.49. The van der Waals surface area contributed by atoms with Crippen LogP contribution in [0, 0.1) is 20.8 Å². The molecule has 0 radical (unpaired) electrons. The first-order valence-electron chi connectivity index (χ1n) is 10.2. The van der Waals surface area contributed by atoms with Gasteiger partial charge >= 0.3 is 11.9 Å². The van der Waals surface area contributed by atoms with Gasteiger partial charge in [0, 0.05) is 28.0 Å². The molecule has 0 spiro atoms. The van der Waals surface area contributed by atoms with E-state index in [9.17, 15) is 14.7 Å². The number of rotatable bonds is 6. The summed E-state index contributed by atoms with van der Waals surface area (Å²) in [6, 6.07) is 14.0. The SMILES string of the molecule is COc1cccc2cc(C(=O)NN=Cc3cc(C)n(-c4cc(C(=O)O)ccc4C)c3C)oc12. The lowest BCUT2D eigenvalue weighted by Gasteiger charge is -2.13. The zero-order valence-corrected chi connectivity index (χ0v) is 18.7. The molecule has 8 heteroatoms. The van der Waals surface area contributed by atoms with Crippen molar-refractivity contribution in [2.45, 2.75) is 20.8 Å². The van der Waals surface area contributed by atoms with Gasteiger partial charge in [0.2, 0.25) is 0 Å². The lowest BCUT2D eigenvalue weighted by Crippen LogP contribution is -2.16. The number of aromatic nitrogens is 1. The molecule has 2 N–H and O–H groups in total. The van der Waals surface area contributed by atoms with Gasteiger partial charge in [-0.2, -0.15) is 5.10 Å². The molecule has 0 bridgehead atoms. The van der Waals surface area contributed by atoms with Gasteiger partial charge < -0.3 is 18.8 Å². The van der Waals surface area contributed by atoms with Crippen LogP contribution < -0.4 is 10.2 Å². The Bertz CT molecular complexity index is 1410. The average molecular weight is 445 g/mol. The fourth-order valence-corrected chi connectivity index (χ4v) is 3.80. The number of carboxylic acids is 1. The minimum atomic E-state index is -0.980. The van der Waals surface area contributed by atoms with E-state index in [1.807, 2.05) is 43.5 Å². The normalized spacial score (nSPS) is 11.3. The summed E-state index contributed by atoms with van der Waals surface area (Å²) in [5.41, 5.74) is 7.49. The molecule has 0 fully saturated rings. The number of hydrogen-bond acceptors (Lipinski definition) is 5. The second-order valence-corrected chi connectivity index (χ2v) is 7.66. The number of benzene rings is 2. The van der Waals surface area contributed by atoms with Crippen molar-refractivity contribution in [3.8, 4) is 11.4 Å². The van der Waals surface area contributed by atoms with Gasteiger partial charge in [0.05, 0.1) is 18.9 Å². The van der Waals surface area contributed by atoms with E-state index in [4.69, 9.17) is 9.15 Å². The molecule has 2 heterocycles. The molecule has 2 aromatic heterocycles. The van der Waals surface area contributed by atoms with Crippen LogP contribution >= 0.6 is 0 Å². The lowest BCUT2D eigenvalue weighted by molar-refractivity contribution is 0.0696. The Balaban J connectivity index is 1.57. The van der Waals surface area contributed by atoms with Crippen LogP contribution in [0.2, 0.25) is 0 Å². The van der Waals surface area contributed by atoms with Crippen molar-refractivity contribution in [1.82, 2.24) is 9.99 Å². The Morgan fingerprint density at radius 3 is 2.64 bits per heavy atom. The summed E-state index contributed by atoms with van der Waals surface area (Å²) in [5.74, 6) is -0.794. The van der Waals surface area contributed by atoms with Crippen molar-refractivity contribution in [2.24, 2.45) is 5.10 Å². The number of fused-ring (bicyclic) bond motifs is 1. The number of ether oxygens (including phenoxy) is 1. The number of hydrogen-bond donors (Lipinski definition) is 2. The zero-order chi connectivity index (χ0) is 23.7. The number of nitrogens with one attached hydrogen (secondary N) is 1. The van der Waals surface area contributed by atoms with Crippen LogP contribution in [0.1, 0.15) is 43.4 Å². The van der Waals surface area contributed by atoms with Crippen LogP contribution in [0.25, 0.3) is 16.7 Å². The lowest BCUT2D eigenvalue weighted by atomic mass is 10.1. The van der Waals surface area contributed by atoms with E-state index >= 15 is 0 Å². The number of hydrazone groups is 1. The first-order chi connectivity index (χ1) is 15.8. The van der Waals surface area contributed by atoms with E-state index < -0.39 is 11.9 Å². The molecule has 4 aromatic rings. The first-order valence-corrected chi connectivity index (χ1v) is 10.2. The van der Waals surface area contributed by atoms with Gasteiger partial charge in [0.25, 0.3) is 0 Å². The standard InChI is InChI=1S/C25H23N3O5/c1-14-8-9-18(25(30)31)11-20(14)28-15(2)10-19(16(28)3)13-26-27-24(29)22-12-17-6-5-7-21(32-4)23(17)33-22/h5-13H,1-4H3,(H,27,29)(H,30,31). The molecule has 1 amide bonds. The number of carbonyl (C=O) groups excluding carboxylic acids is 1. The highest BCUT2D eigenvalue weighted by molar-refractivity contribution is 5.97. The van der Waals surface area contributed by atoms with Gasteiger partial charge in [-0.15, -0.1) is 0 Å². The highest BCUT2D eigenvalue weighted by atomic mass is 16.5. The van der Waals surface area contributed by atoms with Crippen molar-refractivity contribution in [3.05, 3.63) is 82.4 Å². The molecular formula is C25H23N3O5. The van der Waals surface area contributed by atoms with Crippen LogP contribution in [-0.2, 0) is 0 Å². The van der Waals surface area contributed by atoms with Gasteiger partial charge in [0.15, 0.2) is 17.1 Å². The number of amides is 1. The Morgan fingerprint density at radius 1 is 1.12 bits per heavy atom. The van der Waals surface area contributed by atoms with Crippen LogP contribution in [-0.4, -0.2) is 34.9 Å². The number of carboxylic acid groups (broad SMARTS) is 1. The fourth-order valence-electron chi connectivity index (χ4n) is 3.80. The maximum absolute atomic E-state index is 12.5. The molecule has 0 unspecified atom stereocenters. The molecule has 0 saturated heterocycles. The van der Waals surface area contributed by atoms with Crippen molar-refractivity contribution in [2.75, 3.05) is 7.11 Å². The van der Waals surface area contributed by atoms with E-state index in [0.717, 1.165) is 33.6 Å². The minimum absolute atomic E-state index is 0.123. The monoisotopic (exact) mass is 445 g/mol. The summed E-state index contributed by atoms with van der Waals surface area (Å²) in [7, 11) is 1.54. The number of methoxy groups -OCH3 is 1. The summed E-state index contributed by atoms with van der Waals surface area (Å²) in [4.78, 5) is 23.9. The third kappa shape index (κ3) is 4.10. The third-order valence-corrected chi connectivity index (χ3v) is 5.49. The molecule has 0 saturated carbocycles. The predicted molar refractivity (Wildman–Crippen MR) is 125 cm³/mol. The Labute approximate surface area is 190 Å². The predicted octanol–water partition coefficient (Wildman–Crippen LogP) is 4.62. The zero-order valence-electron chi connectivity index (χ0n) is 18.7. The van der Waals surface area contributed by atoms with E-state index in [1.165, 1.54) is 7.11 Å². The van der Waals surface area contributed by atoms with E-state index in [0.29, 0.717) is 11.3 Å². The van der Waals surface area contributed by atoms with Crippen LogP contribution in [0.5, 0.6) is 5.75 Å². The summed E-state index contributed by atoms with van der Waals surface area (Å²) in [6.45, 7) is 5.77. The Kier molecular flexibility index (Phi) is 5.74. The van der Waals surface area contributed by atoms with E-state index in [1.54, 1.807) is 36.5 Å². The average Bonchev–Trinajstić information content (AvgIpc) is 3.35. The molecular weight excluding hydrogens is 422 g/mol. The molecule has 0 aliphatic heterocycles. The second-order valence-electron chi connectivity index (χ2n) is 7.66. The smallest absolute Gasteiger partial charge is 0.335 e. The molecule has 168 valence electrons.